The van der Waals surface area contributed by atoms with Gasteiger partial charge in [0.25, 0.3) is 5.56 Å². The first-order valence-corrected chi connectivity index (χ1v) is 12.2. The smallest absolute Gasteiger partial charge is 0.278 e. The van der Waals surface area contributed by atoms with E-state index in [9.17, 15) is 9.90 Å². The van der Waals surface area contributed by atoms with Crippen molar-refractivity contribution in [3.05, 3.63) is 69.9 Å². The third-order valence-electron chi connectivity index (χ3n) is 7.11. The molecule has 0 saturated heterocycles. The minimum Gasteiger partial charge on any atom is -0.384 e. The summed E-state index contributed by atoms with van der Waals surface area (Å²) in [5.74, 6) is 0.424. The van der Waals surface area contributed by atoms with Crippen molar-refractivity contribution in [2.24, 2.45) is 0 Å². The zero-order valence-corrected chi connectivity index (χ0v) is 20.0. The summed E-state index contributed by atoms with van der Waals surface area (Å²) in [7, 11) is 0. The highest BCUT2D eigenvalue weighted by atomic mass is 16.3. The second-order valence-corrected chi connectivity index (χ2v) is 9.81. The molecule has 0 radical (unpaired) electrons. The Hall–Kier alpha value is -3.56. The van der Waals surface area contributed by atoms with E-state index in [-0.39, 0.29) is 11.6 Å². The molecular weight excluding hydrogens is 442 g/mol. The number of hydrogen-bond donors (Lipinski definition) is 3. The molecule has 1 saturated carbocycles. The normalized spacial score (nSPS) is 16.8. The van der Waals surface area contributed by atoms with Gasteiger partial charge in [-0.05, 0) is 81.5 Å². The van der Waals surface area contributed by atoms with Crippen molar-refractivity contribution >= 4 is 22.7 Å². The molecule has 4 heterocycles. The number of anilines is 2. The Kier molecular flexibility index (Phi) is 5.19. The lowest BCUT2D eigenvalue weighted by Crippen LogP contribution is -2.34. The highest BCUT2D eigenvalue weighted by molar-refractivity contribution is 5.77. The van der Waals surface area contributed by atoms with Gasteiger partial charge in [0.15, 0.2) is 5.65 Å². The van der Waals surface area contributed by atoms with E-state index >= 15 is 0 Å². The molecule has 1 aromatic carbocycles. The van der Waals surface area contributed by atoms with Crippen molar-refractivity contribution in [1.82, 2.24) is 29.6 Å². The monoisotopic (exact) mass is 471 g/mol. The predicted octanol–water partition coefficient (Wildman–Crippen LogP) is 3.32. The molecule has 6 rings (SSSR count). The van der Waals surface area contributed by atoms with Crippen LogP contribution in [0.15, 0.2) is 47.5 Å². The van der Waals surface area contributed by atoms with E-state index in [1.165, 1.54) is 11.1 Å². The standard InChI is InChI=1S/C26H29N7O2/c1-16(2)32-24(34)21-15-29-25(30-19-5-4-18-14-27-10-6-17(18)12-19)31-23(21)33(32)20-7-11-28-22(13-20)26(35)8-3-9-26/h4-5,7,11-13,15-16,27,35H,3,6,8-10,14H2,1-2H3,(H,29,30,31). The van der Waals surface area contributed by atoms with Crippen LogP contribution in [-0.2, 0) is 18.6 Å². The van der Waals surface area contributed by atoms with Crippen LogP contribution < -0.4 is 16.2 Å². The second-order valence-electron chi connectivity index (χ2n) is 9.81. The van der Waals surface area contributed by atoms with Crippen molar-refractivity contribution in [3.63, 3.8) is 0 Å². The zero-order chi connectivity index (χ0) is 24.2. The van der Waals surface area contributed by atoms with Gasteiger partial charge in [0.05, 0.1) is 11.4 Å². The maximum absolute atomic E-state index is 13.3. The lowest BCUT2D eigenvalue weighted by atomic mass is 9.77. The molecule has 0 bridgehead atoms. The average molecular weight is 472 g/mol. The summed E-state index contributed by atoms with van der Waals surface area (Å²) in [5.41, 5.74) is 4.37. The molecule has 35 heavy (non-hydrogen) atoms. The third kappa shape index (κ3) is 3.71. The molecule has 0 unspecified atom stereocenters. The summed E-state index contributed by atoms with van der Waals surface area (Å²) in [6, 6.07) is 9.90. The second kappa shape index (κ2) is 8.28. The van der Waals surface area contributed by atoms with E-state index in [1.807, 2.05) is 36.7 Å². The van der Waals surface area contributed by atoms with Gasteiger partial charge in [-0.15, -0.1) is 0 Å². The van der Waals surface area contributed by atoms with Crippen molar-refractivity contribution in [2.75, 3.05) is 11.9 Å². The van der Waals surface area contributed by atoms with Crippen LogP contribution in [0.2, 0.25) is 0 Å². The van der Waals surface area contributed by atoms with E-state index in [1.54, 1.807) is 17.1 Å². The zero-order valence-electron chi connectivity index (χ0n) is 20.0. The molecule has 1 aliphatic carbocycles. The molecule has 9 nitrogen and oxygen atoms in total. The molecule has 180 valence electrons. The molecule has 4 aromatic rings. The maximum atomic E-state index is 13.3. The number of nitrogens with zero attached hydrogens (tertiary/aromatic N) is 5. The van der Waals surface area contributed by atoms with Crippen molar-refractivity contribution in [1.29, 1.82) is 0 Å². The molecule has 3 aromatic heterocycles. The number of fused-ring (bicyclic) bond motifs is 2. The van der Waals surface area contributed by atoms with Gasteiger partial charge >= 0.3 is 0 Å². The van der Waals surface area contributed by atoms with Gasteiger partial charge in [0.1, 0.15) is 11.0 Å². The van der Waals surface area contributed by atoms with Gasteiger partial charge in [0, 0.05) is 30.7 Å². The first-order valence-electron chi connectivity index (χ1n) is 12.2. The fourth-order valence-corrected chi connectivity index (χ4v) is 5.03. The van der Waals surface area contributed by atoms with Gasteiger partial charge in [-0.25, -0.2) is 14.3 Å². The van der Waals surface area contributed by atoms with E-state index in [4.69, 9.17) is 4.98 Å². The van der Waals surface area contributed by atoms with Gasteiger partial charge < -0.3 is 15.7 Å². The molecule has 0 atom stereocenters. The molecular formula is C26H29N7O2. The van der Waals surface area contributed by atoms with Gasteiger partial charge in [-0.3, -0.25) is 9.78 Å². The minimum absolute atomic E-state index is 0.106. The quantitative estimate of drug-likeness (QED) is 0.410. The molecule has 3 N–H and O–H groups in total. The third-order valence-corrected chi connectivity index (χ3v) is 7.11. The van der Waals surface area contributed by atoms with E-state index in [0.29, 0.717) is 35.5 Å². The first-order chi connectivity index (χ1) is 16.9. The Balaban J connectivity index is 1.45. The Morgan fingerprint density at radius 1 is 1.14 bits per heavy atom. The summed E-state index contributed by atoms with van der Waals surface area (Å²) < 4.78 is 3.50. The molecule has 1 aliphatic heterocycles. The number of nitrogens with one attached hydrogen (secondary N) is 2. The largest absolute Gasteiger partial charge is 0.384 e. The first kappa shape index (κ1) is 21.9. The van der Waals surface area contributed by atoms with Crippen LogP contribution in [0.5, 0.6) is 0 Å². The van der Waals surface area contributed by atoms with Gasteiger partial charge in [-0.1, -0.05) is 6.07 Å². The highest BCUT2D eigenvalue weighted by Crippen LogP contribution is 2.40. The van der Waals surface area contributed by atoms with E-state index < -0.39 is 5.60 Å². The van der Waals surface area contributed by atoms with Crippen LogP contribution in [0, 0.1) is 0 Å². The number of benzene rings is 1. The lowest BCUT2D eigenvalue weighted by Gasteiger charge is -2.36. The van der Waals surface area contributed by atoms with Crippen LogP contribution >= 0.6 is 0 Å². The van der Waals surface area contributed by atoms with Crippen molar-refractivity contribution < 1.29 is 5.11 Å². The van der Waals surface area contributed by atoms with E-state index in [0.717, 1.165) is 37.3 Å². The van der Waals surface area contributed by atoms with Crippen LogP contribution in [0.3, 0.4) is 0 Å². The Morgan fingerprint density at radius 3 is 2.77 bits per heavy atom. The van der Waals surface area contributed by atoms with Crippen molar-refractivity contribution in [3.8, 4) is 5.69 Å². The molecule has 1 fully saturated rings. The molecule has 9 heteroatoms. The number of rotatable bonds is 5. The Morgan fingerprint density at radius 2 is 2.00 bits per heavy atom. The maximum Gasteiger partial charge on any atom is 0.278 e. The van der Waals surface area contributed by atoms with Crippen LogP contribution in [0.4, 0.5) is 11.6 Å². The summed E-state index contributed by atoms with van der Waals surface area (Å²) in [6.07, 6.45) is 6.63. The summed E-state index contributed by atoms with van der Waals surface area (Å²) in [6.45, 7) is 5.78. The predicted molar refractivity (Wildman–Crippen MR) is 134 cm³/mol. The topological polar surface area (TPSA) is 110 Å². The van der Waals surface area contributed by atoms with Gasteiger partial charge in [0.2, 0.25) is 5.95 Å². The summed E-state index contributed by atoms with van der Waals surface area (Å²) >= 11 is 0. The van der Waals surface area contributed by atoms with Crippen molar-refractivity contribution in [2.45, 2.75) is 57.7 Å². The van der Waals surface area contributed by atoms with Crippen LogP contribution in [0.1, 0.15) is 56.0 Å². The van der Waals surface area contributed by atoms with Gasteiger partial charge in [-0.2, -0.15) is 4.98 Å². The fraction of sp³-hybridized carbons (Fsp3) is 0.385. The molecule has 0 amide bonds. The van der Waals surface area contributed by atoms with Crippen LogP contribution in [0.25, 0.3) is 16.7 Å². The highest BCUT2D eigenvalue weighted by Gasteiger charge is 2.38. The molecule has 2 aliphatic rings. The SMILES string of the molecule is CC(C)n1c(=O)c2cnc(Nc3ccc4c(c3)CCNC4)nc2n1-c1ccnc(C2(O)CCC2)c1. The summed E-state index contributed by atoms with van der Waals surface area (Å²) in [4.78, 5) is 27.0. The number of aliphatic hydroxyl groups is 1. The van der Waals surface area contributed by atoms with Crippen LogP contribution in [-0.4, -0.2) is 36.0 Å². The minimum atomic E-state index is -0.897. The lowest BCUT2D eigenvalue weighted by molar-refractivity contribution is -0.0426. The Labute approximate surface area is 202 Å². The fourth-order valence-electron chi connectivity index (χ4n) is 5.03. The number of aromatic nitrogens is 5. The number of pyridine rings is 1. The Bertz CT molecular complexity index is 1480. The number of hydrogen-bond acceptors (Lipinski definition) is 7. The average Bonchev–Trinajstić information content (AvgIpc) is 3.14. The summed E-state index contributed by atoms with van der Waals surface area (Å²) in [5, 5.41) is 18.0. The van der Waals surface area contributed by atoms with E-state index in [2.05, 4.69) is 32.7 Å². The molecule has 0 spiro atoms.